The number of carbonyl (C=O) groups is 2. The molecule has 1 N–H and O–H groups in total. The van der Waals surface area contributed by atoms with Crippen LogP contribution >= 0.6 is 0 Å². The summed E-state index contributed by atoms with van der Waals surface area (Å²) in [5, 5.41) is 7.27. The summed E-state index contributed by atoms with van der Waals surface area (Å²) in [5.74, 6) is 0.662. The van der Waals surface area contributed by atoms with Gasteiger partial charge in [-0.2, -0.15) is 5.10 Å². The monoisotopic (exact) mass is 312 g/mol. The average Bonchev–Trinajstić information content (AvgIpc) is 3.04. The van der Waals surface area contributed by atoms with Gasteiger partial charge in [-0.05, 0) is 25.0 Å². The Balaban J connectivity index is 1.68. The fraction of sp³-hybridized carbons (Fsp3) is 0.353. The molecule has 0 saturated carbocycles. The van der Waals surface area contributed by atoms with Crippen LogP contribution < -0.4 is 5.32 Å². The van der Waals surface area contributed by atoms with Crippen molar-refractivity contribution < 1.29 is 9.59 Å². The van der Waals surface area contributed by atoms with Gasteiger partial charge >= 0.3 is 0 Å². The third-order valence-corrected chi connectivity index (χ3v) is 4.20. The highest BCUT2D eigenvalue weighted by Crippen LogP contribution is 2.25. The molecule has 120 valence electrons. The fourth-order valence-electron chi connectivity index (χ4n) is 2.91. The minimum Gasteiger partial charge on any atom is -0.343 e. The van der Waals surface area contributed by atoms with E-state index < -0.39 is 0 Å². The topological polar surface area (TPSA) is 67.2 Å². The molecule has 0 atom stereocenters. The minimum atomic E-state index is -0.145. The van der Waals surface area contributed by atoms with E-state index in [9.17, 15) is 9.59 Å². The Morgan fingerprint density at radius 1 is 1.13 bits per heavy atom. The first-order valence-electron chi connectivity index (χ1n) is 7.80. The lowest BCUT2D eigenvalue weighted by molar-refractivity contribution is -0.130. The van der Waals surface area contributed by atoms with Crippen molar-refractivity contribution in [3.05, 3.63) is 48.2 Å². The van der Waals surface area contributed by atoms with Crippen molar-refractivity contribution >= 4 is 17.6 Å². The van der Waals surface area contributed by atoms with Crippen molar-refractivity contribution in [1.29, 1.82) is 0 Å². The van der Waals surface area contributed by atoms with E-state index in [4.69, 9.17) is 0 Å². The van der Waals surface area contributed by atoms with Crippen molar-refractivity contribution in [2.24, 2.45) is 0 Å². The molecule has 2 heterocycles. The van der Waals surface area contributed by atoms with Gasteiger partial charge in [-0.3, -0.25) is 9.59 Å². The molecule has 1 aromatic carbocycles. The van der Waals surface area contributed by atoms with Gasteiger partial charge in [0.1, 0.15) is 5.82 Å². The lowest BCUT2D eigenvalue weighted by Crippen LogP contribution is -2.38. The predicted molar refractivity (Wildman–Crippen MR) is 87.1 cm³/mol. The van der Waals surface area contributed by atoms with Crippen molar-refractivity contribution in [2.45, 2.75) is 25.8 Å². The fourth-order valence-corrected chi connectivity index (χ4v) is 2.91. The number of nitrogens with zero attached hydrogens (tertiary/aromatic N) is 3. The Kier molecular flexibility index (Phi) is 4.41. The van der Waals surface area contributed by atoms with Crippen molar-refractivity contribution in [3.8, 4) is 0 Å². The van der Waals surface area contributed by atoms with Crippen LogP contribution in [-0.4, -0.2) is 39.6 Å². The molecule has 0 radical (unpaired) electrons. The zero-order valence-corrected chi connectivity index (χ0v) is 13.1. The molecule has 3 rings (SSSR count). The van der Waals surface area contributed by atoms with E-state index in [0.717, 1.165) is 25.9 Å². The lowest BCUT2D eigenvalue weighted by atomic mass is 10.1. The Hall–Kier alpha value is -2.63. The number of benzene rings is 1. The van der Waals surface area contributed by atoms with E-state index in [1.54, 1.807) is 31.3 Å². The normalized spacial score (nSPS) is 15.4. The number of aromatic nitrogens is 2. The van der Waals surface area contributed by atoms with Crippen molar-refractivity contribution in [2.75, 3.05) is 18.4 Å². The smallest absolute Gasteiger partial charge is 0.256 e. The average molecular weight is 312 g/mol. The molecule has 1 aromatic heterocycles. The Labute approximate surface area is 135 Å². The summed E-state index contributed by atoms with van der Waals surface area (Å²) in [6.07, 6.45) is 3.38. The summed E-state index contributed by atoms with van der Waals surface area (Å²) in [6, 6.07) is 11.1. The molecule has 2 aromatic rings. The number of piperidine rings is 1. The second kappa shape index (κ2) is 6.64. The summed E-state index contributed by atoms with van der Waals surface area (Å²) >= 11 is 0. The number of anilines is 1. The predicted octanol–water partition coefficient (Wildman–Crippen LogP) is 2.32. The lowest BCUT2D eigenvalue weighted by Gasteiger charge is -2.32. The number of hydrogen-bond donors (Lipinski definition) is 1. The van der Waals surface area contributed by atoms with Crippen LogP contribution in [0.1, 0.15) is 36.2 Å². The van der Waals surface area contributed by atoms with E-state index in [2.05, 4.69) is 10.4 Å². The SMILES string of the molecule is CC(=O)N1CCC(n2nccc2NC(=O)c2ccccc2)CC1. The number of amides is 2. The zero-order chi connectivity index (χ0) is 16.2. The van der Waals surface area contributed by atoms with Gasteiger partial charge in [0.15, 0.2) is 0 Å². The maximum atomic E-state index is 12.3. The van der Waals surface area contributed by atoms with Crippen molar-refractivity contribution in [3.63, 3.8) is 0 Å². The largest absolute Gasteiger partial charge is 0.343 e. The second-order valence-corrected chi connectivity index (χ2v) is 5.72. The molecular weight excluding hydrogens is 292 g/mol. The first-order chi connectivity index (χ1) is 11.1. The highest BCUT2D eigenvalue weighted by molar-refractivity contribution is 6.03. The van der Waals surface area contributed by atoms with Crippen LogP contribution in [-0.2, 0) is 4.79 Å². The minimum absolute atomic E-state index is 0.113. The number of hydrogen-bond acceptors (Lipinski definition) is 3. The molecule has 0 bridgehead atoms. The molecule has 0 spiro atoms. The Morgan fingerprint density at radius 3 is 2.48 bits per heavy atom. The Bertz CT molecular complexity index is 688. The number of rotatable bonds is 3. The molecule has 1 aliphatic heterocycles. The number of likely N-dealkylation sites (tertiary alicyclic amines) is 1. The third kappa shape index (κ3) is 3.41. The summed E-state index contributed by atoms with van der Waals surface area (Å²) < 4.78 is 1.86. The summed E-state index contributed by atoms with van der Waals surface area (Å²) in [4.78, 5) is 25.5. The summed E-state index contributed by atoms with van der Waals surface area (Å²) in [7, 11) is 0. The van der Waals surface area contributed by atoms with Gasteiger partial charge in [-0.25, -0.2) is 4.68 Å². The maximum Gasteiger partial charge on any atom is 0.256 e. The molecule has 1 fully saturated rings. The molecule has 0 unspecified atom stereocenters. The van der Waals surface area contributed by atoms with Crippen LogP contribution in [0.4, 0.5) is 5.82 Å². The van der Waals surface area contributed by atoms with E-state index in [-0.39, 0.29) is 17.9 Å². The first-order valence-corrected chi connectivity index (χ1v) is 7.80. The van der Waals surface area contributed by atoms with Crippen LogP contribution in [0.25, 0.3) is 0 Å². The number of carbonyl (C=O) groups excluding carboxylic acids is 2. The second-order valence-electron chi connectivity index (χ2n) is 5.72. The van der Waals surface area contributed by atoms with Gasteiger partial charge in [0.05, 0.1) is 12.2 Å². The molecule has 6 heteroatoms. The molecule has 2 amide bonds. The molecule has 0 aliphatic carbocycles. The van der Waals surface area contributed by atoms with E-state index in [1.807, 2.05) is 27.8 Å². The third-order valence-electron chi connectivity index (χ3n) is 4.20. The summed E-state index contributed by atoms with van der Waals surface area (Å²) in [6.45, 7) is 3.05. The molecule has 1 aliphatic rings. The Morgan fingerprint density at radius 2 is 1.83 bits per heavy atom. The quantitative estimate of drug-likeness (QED) is 0.946. The van der Waals surface area contributed by atoms with E-state index >= 15 is 0 Å². The van der Waals surface area contributed by atoms with E-state index in [1.165, 1.54) is 0 Å². The van der Waals surface area contributed by atoms with Gasteiger partial charge in [-0.1, -0.05) is 18.2 Å². The number of nitrogens with one attached hydrogen (secondary N) is 1. The van der Waals surface area contributed by atoms with Crippen LogP contribution in [0.3, 0.4) is 0 Å². The summed E-state index contributed by atoms with van der Waals surface area (Å²) in [5.41, 5.74) is 0.617. The van der Waals surface area contributed by atoms with E-state index in [0.29, 0.717) is 11.4 Å². The van der Waals surface area contributed by atoms with Gasteiger partial charge in [0, 0.05) is 31.6 Å². The highest BCUT2D eigenvalue weighted by Gasteiger charge is 2.24. The van der Waals surface area contributed by atoms with Crippen LogP contribution in [0.5, 0.6) is 0 Å². The molecule has 1 saturated heterocycles. The van der Waals surface area contributed by atoms with Crippen LogP contribution in [0.2, 0.25) is 0 Å². The first kappa shape index (κ1) is 15.3. The zero-order valence-electron chi connectivity index (χ0n) is 13.1. The van der Waals surface area contributed by atoms with Crippen molar-refractivity contribution in [1.82, 2.24) is 14.7 Å². The van der Waals surface area contributed by atoms with Crippen LogP contribution in [0.15, 0.2) is 42.6 Å². The highest BCUT2D eigenvalue weighted by atomic mass is 16.2. The van der Waals surface area contributed by atoms with Crippen LogP contribution in [0, 0.1) is 0 Å². The molecule has 23 heavy (non-hydrogen) atoms. The van der Waals surface area contributed by atoms with Gasteiger partial charge in [0.2, 0.25) is 5.91 Å². The van der Waals surface area contributed by atoms with Gasteiger partial charge < -0.3 is 10.2 Å². The maximum absolute atomic E-state index is 12.3. The van der Waals surface area contributed by atoms with Gasteiger partial charge in [-0.15, -0.1) is 0 Å². The standard InChI is InChI=1S/C17H20N4O2/c1-13(22)20-11-8-15(9-12-20)21-16(7-10-18-21)19-17(23)14-5-3-2-4-6-14/h2-7,10,15H,8-9,11-12H2,1H3,(H,19,23). The molecule has 6 nitrogen and oxygen atoms in total. The van der Waals surface area contributed by atoms with Gasteiger partial charge in [0.25, 0.3) is 5.91 Å². The molecular formula is C17H20N4O2.